The van der Waals surface area contributed by atoms with Crippen molar-refractivity contribution >= 4 is 0 Å². The van der Waals surface area contributed by atoms with E-state index in [1.807, 2.05) is 0 Å². The van der Waals surface area contributed by atoms with Gasteiger partial charge >= 0.3 is 0 Å². The van der Waals surface area contributed by atoms with Crippen molar-refractivity contribution < 1.29 is 4.42 Å². The lowest BCUT2D eigenvalue weighted by atomic mass is 10.5. The van der Waals surface area contributed by atoms with Gasteiger partial charge in [-0.05, 0) is 0 Å². The molecule has 1 radical (unpaired) electrons. The van der Waals surface area contributed by atoms with Crippen LogP contribution < -0.4 is 5.43 Å². The van der Waals surface area contributed by atoms with E-state index in [9.17, 15) is 4.79 Å². The van der Waals surface area contributed by atoms with Gasteiger partial charge in [0.15, 0.2) is 5.43 Å². The summed E-state index contributed by atoms with van der Waals surface area (Å²) < 4.78 is 4.50. The summed E-state index contributed by atoms with van der Waals surface area (Å²) in [7, 11) is 0. The minimum absolute atomic E-state index is 0.147. The van der Waals surface area contributed by atoms with Crippen molar-refractivity contribution in [3.8, 4) is 0 Å². The van der Waals surface area contributed by atoms with Crippen LogP contribution in [0.15, 0.2) is 27.8 Å². The van der Waals surface area contributed by atoms with E-state index in [0.717, 1.165) is 0 Å². The molecule has 35 valence electrons. The van der Waals surface area contributed by atoms with E-state index in [0.29, 0.717) is 0 Å². The third-order valence-corrected chi connectivity index (χ3v) is 0.567. The summed E-state index contributed by atoms with van der Waals surface area (Å²) in [5.41, 5.74) is -0.147. The Kier molecular flexibility index (Phi) is 0.941. The van der Waals surface area contributed by atoms with Crippen molar-refractivity contribution in [3.63, 3.8) is 0 Å². The molecule has 0 saturated heterocycles. The van der Waals surface area contributed by atoms with E-state index in [1.165, 1.54) is 18.6 Å². The maximum absolute atomic E-state index is 10.2. The zero-order chi connectivity index (χ0) is 5.11. The molecular weight excluding hydrogens is 92.1 g/mol. The molecule has 2 nitrogen and oxygen atoms in total. The summed E-state index contributed by atoms with van der Waals surface area (Å²) >= 11 is 0. The standard InChI is InChI=1S/C5H3O2/c6-5-1-3-7-4-2-5/h1,3-4H. The molecule has 0 spiro atoms. The van der Waals surface area contributed by atoms with Gasteiger partial charge in [0, 0.05) is 6.07 Å². The summed E-state index contributed by atoms with van der Waals surface area (Å²) in [4.78, 5) is 10.2. The van der Waals surface area contributed by atoms with Crippen LogP contribution in [0.3, 0.4) is 0 Å². The summed E-state index contributed by atoms with van der Waals surface area (Å²) in [6, 6.07) is 3.61. The van der Waals surface area contributed by atoms with Gasteiger partial charge in [-0.15, -0.1) is 0 Å². The highest BCUT2D eigenvalue weighted by atomic mass is 16.3. The number of rotatable bonds is 0. The molecule has 0 aliphatic carbocycles. The molecule has 0 atom stereocenters. The van der Waals surface area contributed by atoms with Gasteiger partial charge in [0.25, 0.3) is 0 Å². The van der Waals surface area contributed by atoms with Gasteiger partial charge in [-0.25, -0.2) is 0 Å². The van der Waals surface area contributed by atoms with Crippen LogP contribution in [-0.4, -0.2) is 0 Å². The Hall–Kier alpha value is -1.05. The zero-order valence-electron chi connectivity index (χ0n) is 3.55. The summed E-state index contributed by atoms with van der Waals surface area (Å²) in [5.74, 6) is 0. The average molecular weight is 95.1 g/mol. The molecule has 0 N–H and O–H groups in total. The predicted molar refractivity (Wildman–Crippen MR) is 23.8 cm³/mol. The Morgan fingerprint density at radius 2 is 2.57 bits per heavy atom. The highest BCUT2D eigenvalue weighted by molar-refractivity contribution is 4.84. The summed E-state index contributed by atoms with van der Waals surface area (Å²) in [6.45, 7) is 0. The van der Waals surface area contributed by atoms with Crippen LogP contribution in [0.2, 0.25) is 0 Å². The molecule has 0 aliphatic heterocycles. The molecule has 1 rings (SSSR count). The second-order valence-electron chi connectivity index (χ2n) is 1.07. The van der Waals surface area contributed by atoms with Crippen LogP contribution >= 0.6 is 0 Å². The van der Waals surface area contributed by atoms with Gasteiger partial charge in [0.05, 0.1) is 12.3 Å². The van der Waals surface area contributed by atoms with Crippen LogP contribution in [0.5, 0.6) is 0 Å². The third-order valence-electron chi connectivity index (χ3n) is 0.567. The smallest absolute Gasteiger partial charge is 0.192 e. The first kappa shape index (κ1) is 4.12. The van der Waals surface area contributed by atoms with Crippen molar-refractivity contribution in [2.24, 2.45) is 0 Å². The molecule has 0 aromatic carbocycles. The fraction of sp³-hybridized carbons (Fsp3) is 0. The van der Waals surface area contributed by atoms with E-state index in [2.05, 4.69) is 10.5 Å². The largest absolute Gasteiger partial charge is 0.472 e. The summed E-state index contributed by atoms with van der Waals surface area (Å²) in [5, 5.41) is 0. The highest BCUT2D eigenvalue weighted by Crippen LogP contribution is 1.71. The van der Waals surface area contributed by atoms with Crippen LogP contribution in [0, 0.1) is 6.07 Å². The molecule has 0 amide bonds. The lowest BCUT2D eigenvalue weighted by Gasteiger charge is -1.71. The quantitative estimate of drug-likeness (QED) is 0.468. The molecule has 2 heteroatoms. The highest BCUT2D eigenvalue weighted by Gasteiger charge is 1.73. The maximum atomic E-state index is 10.2. The predicted octanol–water partition coefficient (Wildman–Crippen LogP) is 0.440. The first-order valence-electron chi connectivity index (χ1n) is 1.84. The van der Waals surface area contributed by atoms with Crippen molar-refractivity contribution in [2.45, 2.75) is 0 Å². The van der Waals surface area contributed by atoms with Crippen molar-refractivity contribution in [1.82, 2.24) is 0 Å². The molecule has 0 saturated carbocycles. The Labute approximate surface area is 40.4 Å². The van der Waals surface area contributed by atoms with Gasteiger partial charge < -0.3 is 4.42 Å². The molecule has 0 fully saturated rings. The van der Waals surface area contributed by atoms with E-state index in [1.54, 1.807) is 0 Å². The topological polar surface area (TPSA) is 30.2 Å². The summed E-state index contributed by atoms with van der Waals surface area (Å²) in [6.07, 6.45) is 2.54. The van der Waals surface area contributed by atoms with Crippen molar-refractivity contribution in [3.05, 3.63) is 34.9 Å². The van der Waals surface area contributed by atoms with Gasteiger partial charge in [-0.3, -0.25) is 4.79 Å². The Morgan fingerprint density at radius 3 is 2.86 bits per heavy atom. The third kappa shape index (κ3) is 0.892. The van der Waals surface area contributed by atoms with E-state index >= 15 is 0 Å². The van der Waals surface area contributed by atoms with E-state index < -0.39 is 0 Å². The van der Waals surface area contributed by atoms with Crippen LogP contribution in [0.25, 0.3) is 0 Å². The van der Waals surface area contributed by atoms with Crippen LogP contribution in [0.4, 0.5) is 0 Å². The van der Waals surface area contributed by atoms with Crippen molar-refractivity contribution in [1.29, 1.82) is 0 Å². The number of hydrogen-bond acceptors (Lipinski definition) is 2. The van der Waals surface area contributed by atoms with Gasteiger partial charge in [0.2, 0.25) is 0 Å². The lowest BCUT2D eigenvalue weighted by Crippen LogP contribution is -1.91. The second kappa shape index (κ2) is 1.60. The van der Waals surface area contributed by atoms with Gasteiger partial charge in [-0.2, -0.15) is 0 Å². The van der Waals surface area contributed by atoms with Gasteiger partial charge in [0.1, 0.15) is 6.26 Å². The molecule has 0 bridgehead atoms. The Balaban J connectivity index is 3.28. The Morgan fingerprint density at radius 1 is 1.71 bits per heavy atom. The molecular formula is C5H3O2. The normalized spacial score (nSPS) is 8.57. The second-order valence-corrected chi connectivity index (χ2v) is 1.07. The monoisotopic (exact) mass is 95.0 g/mol. The fourth-order valence-corrected chi connectivity index (χ4v) is 0.281. The fourth-order valence-electron chi connectivity index (χ4n) is 0.281. The molecule has 1 heterocycles. The van der Waals surface area contributed by atoms with Crippen LogP contribution in [-0.2, 0) is 0 Å². The Bertz CT molecular complexity index is 172. The molecule has 7 heavy (non-hydrogen) atoms. The zero-order valence-corrected chi connectivity index (χ0v) is 3.55. The first-order chi connectivity index (χ1) is 3.39. The SMILES string of the molecule is O=c1[c]cocc1. The van der Waals surface area contributed by atoms with E-state index in [-0.39, 0.29) is 5.43 Å². The molecule has 1 aromatic heterocycles. The van der Waals surface area contributed by atoms with E-state index in [4.69, 9.17) is 0 Å². The molecule has 1 aromatic rings. The maximum Gasteiger partial charge on any atom is 0.192 e. The molecule has 0 unspecified atom stereocenters. The van der Waals surface area contributed by atoms with Crippen molar-refractivity contribution in [2.75, 3.05) is 0 Å². The average Bonchev–Trinajstić information content (AvgIpc) is 1.69. The van der Waals surface area contributed by atoms with Gasteiger partial charge in [-0.1, -0.05) is 0 Å². The first-order valence-corrected chi connectivity index (χ1v) is 1.84. The number of hydrogen-bond donors (Lipinski definition) is 0. The lowest BCUT2D eigenvalue weighted by molar-refractivity contribution is 0.547. The molecule has 0 aliphatic rings. The van der Waals surface area contributed by atoms with Crippen LogP contribution in [0.1, 0.15) is 0 Å². The minimum atomic E-state index is -0.147. The minimum Gasteiger partial charge on any atom is -0.472 e.